The lowest BCUT2D eigenvalue weighted by Gasteiger charge is -2.14. The molecule has 0 saturated carbocycles. The van der Waals surface area contributed by atoms with Crippen LogP contribution in [0.4, 0.5) is 17.1 Å². The number of benzene rings is 3. The van der Waals surface area contributed by atoms with Gasteiger partial charge in [0.2, 0.25) is 5.91 Å². The van der Waals surface area contributed by atoms with Crippen LogP contribution in [-0.2, 0) is 10.5 Å². The third-order valence-electron chi connectivity index (χ3n) is 4.67. The molecule has 32 heavy (non-hydrogen) atoms. The molecule has 0 spiro atoms. The minimum atomic E-state index is -0.303. The van der Waals surface area contributed by atoms with Gasteiger partial charge in [-0.25, -0.2) is 4.99 Å². The average Bonchev–Trinajstić information content (AvgIpc) is 2.83. The number of hydrogen-bond donors (Lipinski definition) is 2. The maximum absolute atomic E-state index is 12.8. The Balaban J connectivity index is 1.37. The summed E-state index contributed by atoms with van der Waals surface area (Å²) < 4.78 is 6.00. The van der Waals surface area contributed by atoms with Crippen LogP contribution in [0.5, 0.6) is 5.75 Å². The molecule has 3 aromatic carbocycles. The van der Waals surface area contributed by atoms with E-state index >= 15 is 0 Å². The molecule has 162 valence electrons. The molecule has 1 aliphatic heterocycles. The number of carbonyl (C=O) groups excluding carboxylic acids is 2. The van der Waals surface area contributed by atoms with E-state index in [1.165, 1.54) is 17.3 Å². The van der Waals surface area contributed by atoms with Crippen molar-refractivity contribution in [3.8, 4) is 5.75 Å². The van der Waals surface area contributed by atoms with Gasteiger partial charge in [-0.15, -0.1) is 0 Å². The number of fused-ring (bicyclic) bond motifs is 1. The highest BCUT2D eigenvalue weighted by atomic mass is 32.2. The fourth-order valence-corrected chi connectivity index (χ4v) is 4.92. The summed E-state index contributed by atoms with van der Waals surface area (Å²) in [6.07, 6.45) is 0. The molecule has 3 aromatic rings. The number of carbonyl (C=O) groups is 2. The second-order valence-electron chi connectivity index (χ2n) is 6.86. The number of amides is 2. The largest absolute Gasteiger partial charge is 0.497 e. The number of aliphatic imine (C=N–C) groups is 1. The van der Waals surface area contributed by atoms with Gasteiger partial charge in [-0.2, -0.15) is 0 Å². The topological polar surface area (TPSA) is 79.8 Å². The first-order chi connectivity index (χ1) is 15.6. The van der Waals surface area contributed by atoms with Crippen LogP contribution < -0.4 is 15.4 Å². The molecule has 8 heteroatoms. The van der Waals surface area contributed by atoms with Gasteiger partial charge in [0.05, 0.1) is 29.8 Å². The second-order valence-corrected chi connectivity index (χ2v) is 9.05. The van der Waals surface area contributed by atoms with Crippen LogP contribution in [0.3, 0.4) is 0 Å². The molecule has 2 N–H and O–H groups in total. The third kappa shape index (κ3) is 5.52. The van der Waals surface area contributed by atoms with Crippen LogP contribution in [0, 0.1) is 0 Å². The predicted octanol–water partition coefficient (Wildman–Crippen LogP) is 5.55. The van der Waals surface area contributed by atoms with Gasteiger partial charge in [0, 0.05) is 11.4 Å². The number of nitrogens with zero attached hydrogens (tertiary/aromatic N) is 1. The number of thioether (sulfide) groups is 2. The highest BCUT2D eigenvalue weighted by molar-refractivity contribution is 8.38. The lowest BCUT2D eigenvalue weighted by molar-refractivity contribution is -0.113. The Hall–Kier alpha value is -3.23. The Labute approximate surface area is 194 Å². The van der Waals surface area contributed by atoms with E-state index in [0.717, 1.165) is 15.8 Å². The minimum Gasteiger partial charge on any atom is -0.497 e. The van der Waals surface area contributed by atoms with E-state index in [4.69, 9.17) is 4.74 Å². The first kappa shape index (κ1) is 22.0. The highest BCUT2D eigenvalue weighted by Crippen LogP contribution is 2.34. The molecule has 1 heterocycles. The SMILES string of the molecule is COc1ccc(NC(=O)c2ccccc2NC(=O)CSC2=Nc3ccccc3CS2)cc1. The normalized spacial score (nSPS) is 12.3. The summed E-state index contributed by atoms with van der Waals surface area (Å²) in [7, 11) is 1.59. The molecule has 0 radical (unpaired) electrons. The Kier molecular flexibility index (Phi) is 7.14. The maximum Gasteiger partial charge on any atom is 0.257 e. The molecule has 0 fully saturated rings. The lowest BCUT2D eigenvalue weighted by Crippen LogP contribution is -2.19. The van der Waals surface area contributed by atoms with Crippen LogP contribution in [0.25, 0.3) is 0 Å². The average molecular weight is 464 g/mol. The molecular formula is C24H21N3O3S2. The molecule has 0 bridgehead atoms. The molecule has 0 saturated heterocycles. The number of anilines is 2. The van der Waals surface area contributed by atoms with Crippen LogP contribution >= 0.6 is 23.5 Å². The van der Waals surface area contributed by atoms with Crippen molar-refractivity contribution < 1.29 is 14.3 Å². The monoisotopic (exact) mass is 463 g/mol. The van der Waals surface area contributed by atoms with Crippen molar-refractivity contribution in [2.24, 2.45) is 4.99 Å². The van der Waals surface area contributed by atoms with Crippen molar-refractivity contribution in [2.75, 3.05) is 23.5 Å². The van der Waals surface area contributed by atoms with Crippen molar-refractivity contribution in [3.05, 3.63) is 83.9 Å². The fraction of sp³-hybridized carbons (Fsp3) is 0.125. The van der Waals surface area contributed by atoms with Crippen LogP contribution in [0.15, 0.2) is 77.8 Å². The van der Waals surface area contributed by atoms with Gasteiger partial charge in [-0.05, 0) is 48.0 Å². The van der Waals surface area contributed by atoms with Crippen molar-refractivity contribution in [1.29, 1.82) is 0 Å². The number of rotatable bonds is 6. The quantitative estimate of drug-likeness (QED) is 0.501. The van der Waals surface area contributed by atoms with Crippen molar-refractivity contribution in [1.82, 2.24) is 0 Å². The van der Waals surface area contributed by atoms with Gasteiger partial charge in [-0.1, -0.05) is 53.9 Å². The smallest absolute Gasteiger partial charge is 0.257 e. The zero-order chi connectivity index (χ0) is 22.3. The van der Waals surface area contributed by atoms with E-state index < -0.39 is 0 Å². The number of methoxy groups -OCH3 is 1. The van der Waals surface area contributed by atoms with Crippen molar-refractivity contribution >= 4 is 56.8 Å². The number of para-hydroxylation sites is 2. The number of ether oxygens (including phenoxy) is 1. The molecule has 6 nitrogen and oxygen atoms in total. The molecule has 0 aromatic heterocycles. The van der Waals surface area contributed by atoms with E-state index in [2.05, 4.69) is 21.7 Å². The molecule has 4 rings (SSSR count). The maximum atomic E-state index is 12.8. The highest BCUT2D eigenvalue weighted by Gasteiger charge is 2.16. The third-order valence-corrected chi connectivity index (χ3v) is 6.92. The summed E-state index contributed by atoms with van der Waals surface area (Å²) in [6.45, 7) is 0. The lowest BCUT2D eigenvalue weighted by atomic mass is 10.1. The first-order valence-electron chi connectivity index (χ1n) is 9.89. The number of nitrogens with one attached hydrogen (secondary N) is 2. The predicted molar refractivity (Wildman–Crippen MR) is 133 cm³/mol. The zero-order valence-electron chi connectivity index (χ0n) is 17.3. The summed E-state index contributed by atoms with van der Waals surface area (Å²) in [4.78, 5) is 30.0. The molecule has 2 amide bonds. The molecular weight excluding hydrogens is 442 g/mol. The summed E-state index contributed by atoms with van der Waals surface area (Å²) >= 11 is 3.02. The standard InChI is InChI=1S/C24H21N3O3S2/c1-30-18-12-10-17(11-13-18)25-23(29)19-7-3-5-9-21(19)26-22(28)15-32-24-27-20-8-4-2-6-16(20)14-31-24/h2-13H,14-15H2,1H3,(H,25,29)(H,26,28). The second kappa shape index (κ2) is 10.4. The van der Waals surface area contributed by atoms with Gasteiger partial charge < -0.3 is 15.4 Å². The van der Waals surface area contributed by atoms with Crippen LogP contribution in [0.1, 0.15) is 15.9 Å². The van der Waals surface area contributed by atoms with Gasteiger partial charge in [0.1, 0.15) is 10.1 Å². The molecule has 1 aliphatic rings. The van der Waals surface area contributed by atoms with Gasteiger partial charge in [0.15, 0.2) is 0 Å². The Morgan fingerprint density at radius 3 is 2.56 bits per heavy atom. The van der Waals surface area contributed by atoms with Crippen molar-refractivity contribution in [2.45, 2.75) is 5.75 Å². The molecule has 0 atom stereocenters. The zero-order valence-corrected chi connectivity index (χ0v) is 19.0. The van der Waals surface area contributed by atoms with Crippen LogP contribution in [-0.4, -0.2) is 29.1 Å². The van der Waals surface area contributed by atoms with Gasteiger partial charge >= 0.3 is 0 Å². The fourth-order valence-electron chi connectivity index (χ4n) is 3.06. The Bertz CT molecular complexity index is 1160. The van der Waals surface area contributed by atoms with Crippen molar-refractivity contribution in [3.63, 3.8) is 0 Å². The van der Waals surface area contributed by atoms with Crippen LogP contribution in [0.2, 0.25) is 0 Å². The minimum absolute atomic E-state index is 0.193. The van der Waals surface area contributed by atoms with E-state index in [-0.39, 0.29) is 17.6 Å². The number of hydrogen-bond acceptors (Lipinski definition) is 6. The van der Waals surface area contributed by atoms with Gasteiger partial charge in [-0.3, -0.25) is 9.59 Å². The Morgan fingerprint density at radius 1 is 1.00 bits per heavy atom. The summed E-state index contributed by atoms with van der Waals surface area (Å²) in [6, 6.07) is 22.0. The first-order valence-corrected chi connectivity index (χ1v) is 11.9. The Morgan fingerprint density at radius 2 is 1.75 bits per heavy atom. The van der Waals surface area contributed by atoms with Gasteiger partial charge in [0.25, 0.3) is 5.91 Å². The van der Waals surface area contributed by atoms with E-state index in [1.54, 1.807) is 67.4 Å². The van der Waals surface area contributed by atoms with E-state index in [9.17, 15) is 9.59 Å². The molecule has 0 aliphatic carbocycles. The molecule has 0 unspecified atom stereocenters. The van der Waals surface area contributed by atoms with E-state index in [1.807, 2.05) is 18.2 Å². The summed E-state index contributed by atoms with van der Waals surface area (Å²) in [5, 5.41) is 5.69. The summed E-state index contributed by atoms with van der Waals surface area (Å²) in [5.74, 6) is 1.27. The van der Waals surface area contributed by atoms with E-state index in [0.29, 0.717) is 22.7 Å². The summed E-state index contributed by atoms with van der Waals surface area (Å²) in [5.41, 5.74) is 3.64.